The highest BCUT2D eigenvalue weighted by Gasteiger charge is 2.26. The Kier molecular flexibility index (Phi) is 3.69. The van der Waals surface area contributed by atoms with Crippen molar-refractivity contribution >= 4 is 12.6 Å². The number of fused-ring (bicyclic) bond motifs is 3. The van der Waals surface area contributed by atoms with E-state index in [-0.39, 0.29) is 0 Å². The number of rotatable bonds is 2. The van der Waals surface area contributed by atoms with Crippen molar-refractivity contribution in [2.45, 2.75) is 11.3 Å². The van der Waals surface area contributed by atoms with Crippen LogP contribution in [0.5, 0.6) is 0 Å². The first-order valence-corrected chi connectivity index (χ1v) is 9.35. The van der Waals surface area contributed by atoms with Crippen LogP contribution < -0.4 is 0 Å². The fourth-order valence-electron chi connectivity index (χ4n) is 4.09. The van der Waals surface area contributed by atoms with Gasteiger partial charge in [-0.2, -0.15) is 0 Å². The summed E-state index contributed by atoms with van der Waals surface area (Å²) in [7, 11) is 0. The van der Waals surface area contributed by atoms with Gasteiger partial charge in [-0.25, -0.2) is 0 Å². The lowest BCUT2D eigenvalue weighted by Crippen LogP contribution is -1.94. The van der Waals surface area contributed by atoms with Gasteiger partial charge in [-0.05, 0) is 57.0 Å². The molecule has 0 heterocycles. The lowest BCUT2D eigenvalue weighted by Gasteiger charge is -2.18. The van der Waals surface area contributed by atoms with Crippen LogP contribution in [-0.2, 0) is 6.42 Å². The van der Waals surface area contributed by atoms with Crippen LogP contribution in [0.3, 0.4) is 0 Å². The third-order valence-electron chi connectivity index (χ3n) is 5.21. The van der Waals surface area contributed by atoms with Gasteiger partial charge in [0.2, 0.25) is 0 Å². The Labute approximate surface area is 159 Å². The van der Waals surface area contributed by atoms with Crippen molar-refractivity contribution < 1.29 is 0 Å². The second kappa shape index (κ2) is 6.19. The normalized spacial score (nSPS) is 11.9. The molecule has 0 nitrogen and oxygen atoms in total. The molecule has 0 aromatic heterocycles. The molecule has 26 heavy (non-hydrogen) atoms. The molecule has 0 saturated heterocycles. The highest BCUT2D eigenvalue weighted by atomic mass is 32.1. The first-order valence-electron chi connectivity index (χ1n) is 8.91. The summed E-state index contributed by atoms with van der Waals surface area (Å²) >= 11 is 4.89. The maximum Gasteiger partial charge on any atom is 0.0128 e. The van der Waals surface area contributed by atoms with Gasteiger partial charge in [-0.1, -0.05) is 84.9 Å². The van der Waals surface area contributed by atoms with Crippen LogP contribution >= 0.6 is 12.6 Å². The van der Waals surface area contributed by atoms with E-state index in [1.807, 2.05) is 0 Å². The maximum atomic E-state index is 4.89. The van der Waals surface area contributed by atoms with E-state index in [4.69, 9.17) is 12.6 Å². The Morgan fingerprint density at radius 2 is 1.19 bits per heavy atom. The molecule has 124 valence electrons. The number of hydrogen-bond acceptors (Lipinski definition) is 1. The van der Waals surface area contributed by atoms with Crippen molar-refractivity contribution in [1.29, 1.82) is 0 Å². The van der Waals surface area contributed by atoms with E-state index < -0.39 is 0 Å². The minimum Gasteiger partial charge on any atom is -0.143 e. The molecule has 1 heteroatoms. The molecule has 0 aliphatic heterocycles. The van der Waals surface area contributed by atoms with Crippen molar-refractivity contribution in [3.05, 3.63) is 102 Å². The standard InChI is InChI=1S/C25H18S/c26-23-16-21(17-9-3-1-4-10-17)24(18-11-5-2-6-12-18)22-15-19-13-7-8-14-20(19)25(22)23/h1-14,16,26H,15H2. The first-order chi connectivity index (χ1) is 12.8. The molecular weight excluding hydrogens is 332 g/mol. The van der Waals surface area contributed by atoms with Crippen molar-refractivity contribution in [3.63, 3.8) is 0 Å². The van der Waals surface area contributed by atoms with E-state index in [9.17, 15) is 0 Å². The summed E-state index contributed by atoms with van der Waals surface area (Å²) in [6.07, 6.45) is 0.962. The van der Waals surface area contributed by atoms with E-state index in [0.717, 1.165) is 11.3 Å². The Bertz CT molecular complexity index is 1100. The molecule has 4 aromatic rings. The third kappa shape index (κ3) is 2.40. The van der Waals surface area contributed by atoms with Crippen LogP contribution in [0.25, 0.3) is 33.4 Å². The van der Waals surface area contributed by atoms with Crippen molar-refractivity contribution in [2.24, 2.45) is 0 Å². The average molecular weight is 350 g/mol. The summed E-state index contributed by atoms with van der Waals surface area (Å²) in [6.45, 7) is 0. The van der Waals surface area contributed by atoms with Gasteiger partial charge >= 0.3 is 0 Å². The number of benzene rings is 4. The smallest absolute Gasteiger partial charge is 0.0128 e. The Morgan fingerprint density at radius 3 is 1.92 bits per heavy atom. The fourth-order valence-corrected chi connectivity index (χ4v) is 4.47. The predicted molar refractivity (Wildman–Crippen MR) is 113 cm³/mol. The summed E-state index contributed by atoms with van der Waals surface area (Å²) < 4.78 is 0. The molecule has 4 aromatic carbocycles. The van der Waals surface area contributed by atoms with Gasteiger partial charge in [0.1, 0.15) is 0 Å². The van der Waals surface area contributed by atoms with Crippen LogP contribution in [-0.4, -0.2) is 0 Å². The van der Waals surface area contributed by atoms with E-state index >= 15 is 0 Å². The maximum absolute atomic E-state index is 4.89. The Morgan fingerprint density at radius 1 is 0.577 bits per heavy atom. The van der Waals surface area contributed by atoms with Gasteiger partial charge in [-0.3, -0.25) is 0 Å². The number of hydrogen-bond donors (Lipinski definition) is 1. The molecule has 0 bridgehead atoms. The fraction of sp³-hybridized carbons (Fsp3) is 0.0400. The molecular formula is C25H18S. The molecule has 0 radical (unpaired) electrons. The van der Waals surface area contributed by atoms with Crippen molar-refractivity contribution in [2.75, 3.05) is 0 Å². The zero-order valence-corrected chi connectivity index (χ0v) is 15.2. The van der Waals surface area contributed by atoms with E-state index in [1.165, 1.54) is 44.5 Å². The zero-order chi connectivity index (χ0) is 17.5. The molecule has 0 N–H and O–H groups in total. The lowest BCUT2D eigenvalue weighted by atomic mass is 9.88. The number of thiol groups is 1. The monoisotopic (exact) mass is 350 g/mol. The van der Waals surface area contributed by atoms with Crippen LogP contribution in [0.1, 0.15) is 11.1 Å². The van der Waals surface area contributed by atoms with Crippen LogP contribution in [0.2, 0.25) is 0 Å². The second-order valence-electron chi connectivity index (χ2n) is 6.74. The average Bonchev–Trinajstić information content (AvgIpc) is 3.09. The summed E-state index contributed by atoms with van der Waals surface area (Å²) in [6, 6.07) is 32.3. The van der Waals surface area contributed by atoms with Gasteiger partial charge in [0, 0.05) is 4.90 Å². The predicted octanol–water partition coefficient (Wildman–Crippen LogP) is 6.88. The largest absolute Gasteiger partial charge is 0.143 e. The third-order valence-corrected chi connectivity index (χ3v) is 5.56. The first kappa shape index (κ1) is 15.5. The van der Waals surface area contributed by atoms with Crippen molar-refractivity contribution in [1.82, 2.24) is 0 Å². The molecule has 0 saturated carbocycles. The van der Waals surface area contributed by atoms with Crippen LogP contribution in [0.15, 0.2) is 95.9 Å². The Hall–Kier alpha value is -2.77. The van der Waals surface area contributed by atoms with E-state index in [1.54, 1.807) is 0 Å². The SMILES string of the molecule is Sc1cc(-c2ccccc2)c(-c2ccccc2)c2c1-c1ccccc1C2. The van der Waals surface area contributed by atoms with Gasteiger partial charge in [-0.15, -0.1) is 12.6 Å². The minimum atomic E-state index is 0.962. The molecule has 0 amide bonds. The summed E-state index contributed by atoms with van der Waals surface area (Å²) in [4.78, 5) is 1.06. The van der Waals surface area contributed by atoms with Gasteiger partial charge in [0.15, 0.2) is 0 Å². The van der Waals surface area contributed by atoms with Crippen LogP contribution in [0, 0.1) is 0 Å². The van der Waals surface area contributed by atoms with Crippen molar-refractivity contribution in [3.8, 4) is 33.4 Å². The summed E-state index contributed by atoms with van der Waals surface area (Å²) in [5.74, 6) is 0. The molecule has 0 spiro atoms. The van der Waals surface area contributed by atoms with Gasteiger partial charge in [0.05, 0.1) is 0 Å². The summed E-state index contributed by atoms with van der Waals surface area (Å²) in [5.41, 5.74) is 10.5. The zero-order valence-electron chi connectivity index (χ0n) is 14.3. The topological polar surface area (TPSA) is 0 Å². The second-order valence-corrected chi connectivity index (χ2v) is 7.22. The quantitative estimate of drug-likeness (QED) is 0.330. The molecule has 1 aliphatic rings. The highest BCUT2D eigenvalue weighted by Crippen LogP contribution is 2.48. The van der Waals surface area contributed by atoms with Gasteiger partial charge < -0.3 is 0 Å². The van der Waals surface area contributed by atoms with Gasteiger partial charge in [0.25, 0.3) is 0 Å². The molecule has 0 fully saturated rings. The molecule has 0 atom stereocenters. The van der Waals surface area contributed by atoms with E-state index in [2.05, 4.69) is 91.0 Å². The van der Waals surface area contributed by atoms with E-state index in [0.29, 0.717) is 0 Å². The summed E-state index contributed by atoms with van der Waals surface area (Å²) in [5, 5.41) is 0. The minimum absolute atomic E-state index is 0.962. The molecule has 1 aliphatic carbocycles. The van der Waals surface area contributed by atoms with Crippen LogP contribution in [0.4, 0.5) is 0 Å². The Balaban J connectivity index is 1.86. The molecule has 5 rings (SSSR count). The molecule has 0 unspecified atom stereocenters. The highest BCUT2D eigenvalue weighted by molar-refractivity contribution is 7.80. The lowest BCUT2D eigenvalue weighted by molar-refractivity contribution is 1.25.